The van der Waals surface area contributed by atoms with E-state index in [2.05, 4.69) is 30.1 Å². The Bertz CT molecular complexity index is 550. The molecule has 2 rings (SSSR count). The fourth-order valence-electron chi connectivity index (χ4n) is 3.29. The number of nitrogens with zero attached hydrogens (tertiary/aromatic N) is 1. The van der Waals surface area contributed by atoms with Crippen LogP contribution in [0, 0.1) is 5.92 Å². The Labute approximate surface area is 132 Å². The van der Waals surface area contributed by atoms with Crippen LogP contribution >= 0.6 is 0 Å². The summed E-state index contributed by atoms with van der Waals surface area (Å²) >= 11 is 0. The van der Waals surface area contributed by atoms with Crippen molar-refractivity contribution in [2.24, 2.45) is 10.9 Å². The summed E-state index contributed by atoms with van der Waals surface area (Å²) in [6.07, 6.45) is 5.19. The largest absolute Gasteiger partial charge is 0.296 e. The topological polar surface area (TPSA) is 12.4 Å². The van der Waals surface area contributed by atoms with E-state index in [-0.39, 0.29) is 12.8 Å². The molecule has 1 aliphatic carbocycles. The summed E-state index contributed by atoms with van der Waals surface area (Å²) in [6.45, 7) is 4.16. The number of alkyl halides is 2. The molecule has 1 saturated carbocycles. The average molecular weight is 305 g/mol. The van der Waals surface area contributed by atoms with E-state index in [1.54, 1.807) is 7.05 Å². The van der Waals surface area contributed by atoms with Gasteiger partial charge in [0, 0.05) is 26.1 Å². The molecule has 3 heteroatoms. The summed E-state index contributed by atoms with van der Waals surface area (Å²) in [5, 5.41) is 0. The highest BCUT2D eigenvalue weighted by atomic mass is 19.3. The third kappa shape index (κ3) is 4.02. The Balaban J connectivity index is 2.15. The van der Waals surface area contributed by atoms with E-state index in [1.807, 2.05) is 25.3 Å². The molecule has 0 aromatic heterocycles. The van der Waals surface area contributed by atoms with Crippen molar-refractivity contribution in [2.45, 2.75) is 51.4 Å². The molecule has 0 saturated heterocycles. The Morgan fingerprint density at radius 1 is 1.32 bits per heavy atom. The second-order valence-corrected chi connectivity index (χ2v) is 6.24. The van der Waals surface area contributed by atoms with Crippen LogP contribution in [-0.4, -0.2) is 19.2 Å². The second kappa shape index (κ2) is 7.17. The first-order valence-corrected chi connectivity index (χ1v) is 8.03. The van der Waals surface area contributed by atoms with Crippen molar-refractivity contribution in [3.05, 3.63) is 41.5 Å². The van der Waals surface area contributed by atoms with Gasteiger partial charge >= 0.3 is 0 Å². The summed E-state index contributed by atoms with van der Waals surface area (Å²) in [5.41, 5.74) is 3.46. The molecule has 0 bridgehead atoms. The fraction of sp³-hybridized carbons (Fsp3) is 0.526. The van der Waals surface area contributed by atoms with Crippen molar-refractivity contribution < 1.29 is 8.78 Å². The molecule has 120 valence electrons. The van der Waals surface area contributed by atoms with Crippen LogP contribution in [0.5, 0.6) is 0 Å². The van der Waals surface area contributed by atoms with Crippen LogP contribution in [-0.2, 0) is 0 Å². The van der Waals surface area contributed by atoms with Gasteiger partial charge in [-0.1, -0.05) is 37.3 Å². The number of hydrogen-bond donors (Lipinski definition) is 0. The van der Waals surface area contributed by atoms with Gasteiger partial charge in [-0.2, -0.15) is 0 Å². The lowest BCUT2D eigenvalue weighted by Crippen LogP contribution is -2.27. The van der Waals surface area contributed by atoms with Gasteiger partial charge in [0.1, 0.15) is 0 Å². The first-order chi connectivity index (χ1) is 10.5. The number of hydrogen-bond acceptors (Lipinski definition) is 1. The molecule has 1 aliphatic rings. The molecule has 0 N–H and O–H groups in total. The third-order valence-corrected chi connectivity index (χ3v) is 4.79. The average Bonchev–Trinajstić information content (AvgIpc) is 2.52. The van der Waals surface area contributed by atoms with Gasteiger partial charge in [0.15, 0.2) is 0 Å². The number of aliphatic imine (C=N–C) groups is 1. The molecule has 1 aromatic rings. The standard InChI is InChI=1S/C19H25F2N/c1-4-15(13-22-3)18-7-5-6-17(12-18)14(2)16-8-10-19(20,21)11-9-16/h4-7,12-14,16H,8-11H2,1-3H3/b15-4+,22-13?. The van der Waals surface area contributed by atoms with Gasteiger partial charge in [-0.05, 0) is 48.3 Å². The summed E-state index contributed by atoms with van der Waals surface area (Å²) in [5.74, 6) is -1.79. The third-order valence-electron chi connectivity index (χ3n) is 4.79. The van der Waals surface area contributed by atoms with Crippen LogP contribution < -0.4 is 0 Å². The first-order valence-electron chi connectivity index (χ1n) is 8.03. The van der Waals surface area contributed by atoms with Crippen molar-refractivity contribution >= 4 is 11.8 Å². The summed E-state index contributed by atoms with van der Waals surface area (Å²) in [6, 6.07) is 8.40. The van der Waals surface area contributed by atoms with Gasteiger partial charge in [0.25, 0.3) is 0 Å². The zero-order chi connectivity index (χ0) is 16.2. The van der Waals surface area contributed by atoms with Crippen LogP contribution in [0.2, 0.25) is 0 Å². The second-order valence-electron chi connectivity index (χ2n) is 6.24. The minimum Gasteiger partial charge on any atom is -0.296 e. The maximum Gasteiger partial charge on any atom is 0.248 e. The van der Waals surface area contributed by atoms with E-state index in [0.29, 0.717) is 24.7 Å². The lowest BCUT2D eigenvalue weighted by molar-refractivity contribution is -0.0479. The molecular formula is C19H25F2N. The lowest BCUT2D eigenvalue weighted by Gasteiger charge is -2.32. The highest BCUT2D eigenvalue weighted by Gasteiger charge is 2.36. The molecule has 22 heavy (non-hydrogen) atoms. The molecular weight excluding hydrogens is 280 g/mol. The van der Waals surface area contributed by atoms with Crippen molar-refractivity contribution in [3.63, 3.8) is 0 Å². The lowest BCUT2D eigenvalue weighted by atomic mass is 9.76. The smallest absolute Gasteiger partial charge is 0.248 e. The zero-order valence-corrected chi connectivity index (χ0v) is 13.7. The van der Waals surface area contributed by atoms with Crippen LogP contribution in [0.3, 0.4) is 0 Å². The summed E-state index contributed by atoms with van der Waals surface area (Å²) < 4.78 is 26.6. The predicted octanol–water partition coefficient (Wildman–Crippen LogP) is 5.72. The Kier molecular flexibility index (Phi) is 5.49. The van der Waals surface area contributed by atoms with Gasteiger partial charge in [-0.3, -0.25) is 4.99 Å². The Morgan fingerprint density at radius 2 is 2.00 bits per heavy atom. The summed E-state index contributed by atoms with van der Waals surface area (Å²) in [4.78, 5) is 4.09. The number of rotatable bonds is 4. The van der Waals surface area contributed by atoms with Crippen LogP contribution in [0.15, 0.2) is 35.3 Å². The van der Waals surface area contributed by atoms with Crippen molar-refractivity contribution in [2.75, 3.05) is 7.05 Å². The summed E-state index contributed by atoms with van der Waals surface area (Å²) in [7, 11) is 1.76. The van der Waals surface area contributed by atoms with Gasteiger partial charge in [-0.15, -0.1) is 0 Å². The van der Waals surface area contributed by atoms with Gasteiger partial charge in [0.05, 0.1) is 0 Å². The molecule has 1 unspecified atom stereocenters. The number of benzene rings is 1. The van der Waals surface area contributed by atoms with E-state index in [0.717, 1.165) is 11.1 Å². The van der Waals surface area contributed by atoms with E-state index in [1.165, 1.54) is 5.56 Å². The predicted molar refractivity (Wildman–Crippen MR) is 89.8 cm³/mol. The van der Waals surface area contributed by atoms with Crippen LogP contribution in [0.25, 0.3) is 5.57 Å². The van der Waals surface area contributed by atoms with Crippen molar-refractivity contribution in [1.29, 1.82) is 0 Å². The van der Waals surface area contributed by atoms with Gasteiger partial charge in [0.2, 0.25) is 5.92 Å². The number of allylic oxidation sites excluding steroid dienone is 2. The quantitative estimate of drug-likeness (QED) is 0.631. The van der Waals surface area contributed by atoms with Gasteiger partial charge in [-0.25, -0.2) is 8.78 Å². The monoisotopic (exact) mass is 305 g/mol. The minimum absolute atomic E-state index is 0.0320. The number of halogens is 2. The molecule has 1 fully saturated rings. The van der Waals surface area contributed by atoms with Crippen molar-refractivity contribution in [3.8, 4) is 0 Å². The minimum atomic E-state index is -2.45. The molecule has 0 radical (unpaired) electrons. The normalized spacial score (nSPS) is 21.2. The molecule has 1 atom stereocenters. The maximum atomic E-state index is 13.3. The highest BCUT2D eigenvalue weighted by molar-refractivity contribution is 6.09. The molecule has 0 spiro atoms. The Hall–Kier alpha value is -1.51. The van der Waals surface area contributed by atoms with E-state index >= 15 is 0 Å². The Morgan fingerprint density at radius 3 is 2.59 bits per heavy atom. The van der Waals surface area contributed by atoms with Crippen LogP contribution in [0.4, 0.5) is 8.78 Å². The molecule has 0 heterocycles. The highest BCUT2D eigenvalue weighted by Crippen LogP contribution is 2.42. The van der Waals surface area contributed by atoms with E-state index < -0.39 is 5.92 Å². The fourth-order valence-corrected chi connectivity index (χ4v) is 3.29. The van der Waals surface area contributed by atoms with E-state index in [9.17, 15) is 8.78 Å². The van der Waals surface area contributed by atoms with E-state index in [4.69, 9.17) is 0 Å². The van der Waals surface area contributed by atoms with Crippen molar-refractivity contribution in [1.82, 2.24) is 0 Å². The first kappa shape index (κ1) is 16.9. The van der Waals surface area contributed by atoms with Gasteiger partial charge < -0.3 is 0 Å². The molecule has 0 aliphatic heterocycles. The molecule has 1 aromatic carbocycles. The maximum absolute atomic E-state index is 13.3. The van der Waals surface area contributed by atoms with Crippen LogP contribution in [0.1, 0.15) is 56.6 Å². The SMILES string of the molecule is C/C=C(\C=NC)c1cccc(C(C)C2CCC(F)(F)CC2)c1. The molecule has 0 amide bonds. The zero-order valence-electron chi connectivity index (χ0n) is 13.7. The molecule has 1 nitrogen and oxygen atoms in total.